The summed E-state index contributed by atoms with van der Waals surface area (Å²) in [6.45, 7) is 10.8. The van der Waals surface area contributed by atoms with E-state index >= 15 is 0 Å². The largest absolute Gasteiger partial charge is 0.497 e. The smallest absolute Gasteiger partial charge is 0.408 e. The summed E-state index contributed by atoms with van der Waals surface area (Å²) in [7, 11) is -4.80. The van der Waals surface area contributed by atoms with E-state index in [1.165, 1.54) is 23.5 Å². The van der Waals surface area contributed by atoms with Gasteiger partial charge in [-0.1, -0.05) is 34.6 Å². The quantitative estimate of drug-likeness (QED) is 0.218. The van der Waals surface area contributed by atoms with Gasteiger partial charge in [0.2, 0.25) is 10.0 Å². The maximum absolute atomic E-state index is 13.9. The number of sulfonamides is 1. The van der Waals surface area contributed by atoms with Crippen LogP contribution in [0.2, 0.25) is 18.1 Å². The van der Waals surface area contributed by atoms with E-state index in [4.69, 9.17) is 23.4 Å². The second-order valence-corrected chi connectivity index (χ2v) is 17.7. The van der Waals surface area contributed by atoms with Gasteiger partial charge in [-0.3, -0.25) is 0 Å². The predicted molar refractivity (Wildman–Crippen MR) is 156 cm³/mol. The number of amides is 1. The van der Waals surface area contributed by atoms with E-state index in [1.807, 2.05) is 34.6 Å². The van der Waals surface area contributed by atoms with Crippen LogP contribution >= 0.6 is 0 Å². The number of nitrogens with one attached hydrogen (secondary N) is 1. The van der Waals surface area contributed by atoms with Gasteiger partial charge in [-0.15, -0.1) is 0 Å². The number of alkyl carbamates (subject to hydrolysis) is 1. The number of ether oxygens (including phenoxy) is 4. The molecule has 1 N–H and O–H groups in total. The first-order chi connectivity index (χ1) is 19.5. The Kier molecular flexibility index (Phi) is 12.2. The van der Waals surface area contributed by atoms with Gasteiger partial charge in [0.15, 0.2) is 14.6 Å². The molecule has 41 heavy (non-hydrogen) atoms. The fraction of sp³-hybridized carbons (Fsp3) is 0.714. The molecule has 232 valence electrons. The van der Waals surface area contributed by atoms with Gasteiger partial charge in [-0.05, 0) is 54.7 Å². The first kappa shape index (κ1) is 33.5. The number of hydrogen-bond donors (Lipinski definition) is 1. The molecule has 2 aliphatic heterocycles. The van der Waals surface area contributed by atoms with Gasteiger partial charge in [0.25, 0.3) is 0 Å². The Labute approximate surface area is 245 Å². The molecule has 1 amide bonds. The van der Waals surface area contributed by atoms with Crippen LogP contribution in [0.1, 0.15) is 41.0 Å². The first-order valence-electron chi connectivity index (χ1n) is 14.5. The lowest BCUT2D eigenvalue weighted by Crippen LogP contribution is -2.56. The number of nitrogens with zero attached hydrogens (tertiary/aromatic N) is 1. The molecule has 2 saturated heterocycles. The third-order valence-electron chi connectivity index (χ3n) is 8.06. The molecule has 5 atom stereocenters. The normalized spacial score (nSPS) is 22.4. The summed E-state index contributed by atoms with van der Waals surface area (Å²) in [5.74, 6) is 0.474. The highest BCUT2D eigenvalue weighted by Gasteiger charge is 2.44. The van der Waals surface area contributed by atoms with Crippen molar-refractivity contribution < 1.29 is 41.4 Å². The molecule has 1 aromatic carbocycles. The number of hydrogen-bond acceptors (Lipinski definition) is 9. The van der Waals surface area contributed by atoms with Crippen LogP contribution in [0.25, 0.3) is 0 Å². The third kappa shape index (κ3) is 8.29. The Bertz CT molecular complexity index is 1090. The Morgan fingerprint density at radius 2 is 1.78 bits per heavy atom. The van der Waals surface area contributed by atoms with E-state index in [2.05, 4.69) is 5.32 Å². The fourth-order valence-corrected chi connectivity index (χ4v) is 9.87. The fourth-order valence-electron chi connectivity index (χ4n) is 5.39. The van der Waals surface area contributed by atoms with Crippen LogP contribution in [0.5, 0.6) is 5.75 Å². The number of fused-ring (bicyclic) bond motifs is 1. The molecule has 0 bridgehead atoms. The maximum Gasteiger partial charge on any atom is 0.408 e. The van der Waals surface area contributed by atoms with Crippen LogP contribution in [-0.4, -0.2) is 91.4 Å². The van der Waals surface area contributed by atoms with Crippen LogP contribution < -0.4 is 10.1 Å². The van der Waals surface area contributed by atoms with Gasteiger partial charge in [-0.25, -0.2) is 13.2 Å². The zero-order valence-electron chi connectivity index (χ0n) is 25.0. The minimum atomic E-state index is -3.97. The molecule has 3 rings (SSSR count). The second kappa shape index (κ2) is 14.9. The van der Waals surface area contributed by atoms with Gasteiger partial charge < -0.3 is 33.5 Å². The molecule has 0 aliphatic carbocycles. The summed E-state index contributed by atoms with van der Waals surface area (Å²) in [6, 6.07) is 7.40. The molecule has 0 unspecified atom stereocenters. The van der Waals surface area contributed by atoms with Gasteiger partial charge in [0.1, 0.15) is 24.2 Å². The summed E-state index contributed by atoms with van der Waals surface area (Å²) in [5, 5.41) is 2.67. The molecule has 2 heterocycles. The van der Waals surface area contributed by atoms with E-state index < -0.39 is 42.7 Å². The Hall–Kier alpha value is -2.03. The molecule has 11 nitrogen and oxygen atoms in total. The van der Waals surface area contributed by atoms with Crippen molar-refractivity contribution in [3.05, 3.63) is 24.3 Å². The molecule has 0 saturated carbocycles. The minimum absolute atomic E-state index is 0.00857. The molecule has 0 radical (unpaired) electrons. The zero-order chi connectivity index (χ0) is 30.2. The third-order valence-corrected chi connectivity index (χ3v) is 14.6. The van der Waals surface area contributed by atoms with Crippen LogP contribution in [-0.2, 0) is 33.5 Å². The monoisotopic (exact) mass is 614 g/mol. The van der Waals surface area contributed by atoms with Gasteiger partial charge >= 0.3 is 6.09 Å². The molecular weight excluding hydrogens is 568 g/mol. The number of benzene rings is 1. The SMILES string of the molecule is CC[Si](CC)(CC)O[C@H](CN(CC(C)C)S(=O)(=O)c1ccc(OC)cc1)[C@H](C=O)NC(=O)O[C@H]1CO[C@H]2OCC[C@H]21. The lowest BCUT2D eigenvalue weighted by molar-refractivity contribution is -0.111. The topological polar surface area (TPSA) is 130 Å². The Balaban J connectivity index is 1.88. The van der Waals surface area contributed by atoms with Crippen LogP contribution in [0.3, 0.4) is 0 Å². The minimum Gasteiger partial charge on any atom is -0.497 e. The van der Waals surface area contributed by atoms with Crippen molar-refractivity contribution in [2.45, 2.75) is 88.6 Å². The summed E-state index contributed by atoms with van der Waals surface area (Å²) < 4.78 is 57.7. The number of carbonyl (C=O) groups is 2. The molecular formula is C28H46N2O9SSi. The predicted octanol–water partition coefficient (Wildman–Crippen LogP) is 3.79. The summed E-state index contributed by atoms with van der Waals surface area (Å²) >= 11 is 0. The van der Waals surface area contributed by atoms with E-state index in [0.717, 1.165) is 24.6 Å². The number of rotatable bonds is 16. The van der Waals surface area contributed by atoms with E-state index in [9.17, 15) is 18.0 Å². The Morgan fingerprint density at radius 3 is 2.34 bits per heavy atom. The highest BCUT2D eigenvalue weighted by Crippen LogP contribution is 2.33. The van der Waals surface area contributed by atoms with E-state index in [1.54, 1.807) is 12.1 Å². The molecule has 0 aromatic heterocycles. The van der Waals surface area contributed by atoms with Crippen LogP contribution in [0, 0.1) is 11.8 Å². The molecule has 13 heteroatoms. The second-order valence-electron chi connectivity index (χ2n) is 11.1. The van der Waals surface area contributed by atoms with E-state index in [0.29, 0.717) is 18.6 Å². The van der Waals surface area contributed by atoms with E-state index in [-0.39, 0.29) is 42.7 Å². The zero-order valence-corrected chi connectivity index (χ0v) is 26.9. The number of carbonyl (C=O) groups excluding carboxylic acids is 2. The first-order valence-corrected chi connectivity index (χ1v) is 18.5. The van der Waals surface area contributed by atoms with Crippen molar-refractivity contribution in [2.24, 2.45) is 11.8 Å². The Morgan fingerprint density at radius 1 is 1.12 bits per heavy atom. The van der Waals surface area contributed by atoms with Gasteiger partial charge in [0.05, 0.1) is 37.2 Å². The van der Waals surface area contributed by atoms with Crippen LogP contribution in [0.4, 0.5) is 4.79 Å². The van der Waals surface area contributed by atoms with Crippen molar-refractivity contribution in [1.82, 2.24) is 9.62 Å². The lowest BCUT2D eigenvalue weighted by Gasteiger charge is -2.38. The highest BCUT2D eigenvalue weighted by molar-refractivity contribution is 7.89. The highest BCUT2D eigenvalue weighted by atomic mass is 32.2. The average molecular weight is 615 g/mol. The summed E-state index contributed by atoms with van der Waals surface area (Å²) in [5.41, 5.74) is 0. The van der Waals surface area contributed by atoms with Crippen molar-refractivity contribution in [2.75, 3.05) is 33.4 Å². The van der Waals surface area contributed by atoms with Crippen molar-refractivity contribution in [3.8, 4) is 5.75 Å². The molecule has 0 spiro atoms. The van der Waals surface area contributed by atoms with Crippen molar-refractivity contribution >= 4 is 30.7 Å². The van der Waals surface area contributed by atoms with Crippen molar-refractivity contribution in [1.29, 1.82) is 0 Å². The maximum atomic E-state index is 13.9. The standard InChI is InChI=1S/C28H46N2O9SSi/c1-7-41(8-2,9-3)39-25(24(18-31)29-28(32)38-26-19-37-27-23(26)14-15-36-27)17-30(16-20(4)5)40(33,34)22-12-10-21(35-6)11-13-22/h10-13,18,20,23-27H,7-9,14-17,19H2,1-6H3,(H,29,32)/t23-,24-,25+,26-,27+/m0/s1. The summed E-state index contributed by atoms with van der Waals surface area (Å²) in [6.07, 6.45) is -1.24. The van der Waals surface area contributed by atoms with Gasteiger partial charge in [-0.2, -0.15) is 4.31 Å². The molecule has 2 fully saturated rings. The van der Waals surface area contributed by atoms with Crippen LogP contribution in [0.15, 0.2) is 29.2 Å². The molecule has 1 aromatic rings. The number of aldehydes is 1. The van der Waals surface area contributed by atoms with Gasteiger partial charge in [0, 0.05) is 13.1 Å². The molecule has 2 aliphatic rings. The van der Waals surface area contributed by atoms with Crippen molar-refractivity contribution in [3.63, 3.8) is 0 Å². The summed E-state index contributed by atoms with van der Waals surface area (Å²) in [4.78, 5) is 25.6. The number of methoxy groups -OCH3 is 1. The lowest BCUT2D eigenvalue weighted by atomic mass is 10.0. The average Bonchev–Trinajstić information content (AvgIpc) is 3.58.